The number of hydrogen-bond acceptors (Lipinski definition) is 6. The van der Waals surface area contributed by atoms with Gasteiger partial charge in [-0.15, -0.1) is 0 Å². The van der Waals surface area contributed by atoms with Crippen molar-refractivity contribution in [2.75, 3.05) is 34.6 Å². The van der Waals surface area contributed by atoms with Crippen molar-refractivity contribution in [3.8, 4) is 11.5 Å². The highest BCUT2D eigenvalue weighted by Crippen LogP contribution is 2.47. The fourth-order valence-electron chi connectivity index (χ4n) is 2.37. The molecule has 2 atom stereocenters. The Balaban J connectivity index is 2.00. The Hall–Kier alpha value is -1.99. The average molecular weight is 295 g/mol. The van der Waals surface area contributed by atoms with Crippen LogP contribution in [0.5, 0.6) is 11.5 Å². The van der Waals surface area contributed by atoms with E-state index in [0.717, 1.165) is 5.56 Å². The van der Waals surface area contributed by atoms with Gasteiger partial charge in [0.1, 0.15) is 6.10 Å². The second kappa shape index (κ2) is 5.42. The minimum Gasteiger partial charge on any atom is -0.454 e. The summed E-state index contributed by atoms with van der Waals surface area (Å²) in [5.41, 5.74) is 1.53. The molecule has 0 saturated heterocycles. The zero-order valence-corrected chi connectivity index (χ0v) is 12.1. The Kier molecular flexibility index (Phi) is 3.60. The monoisotopic (exact) mass is 295 g/mol. The van der Waals surface area contributed by atoms with Crippen molar-refractivity contribution in [1.82, 2.24) is 4.90 Å². The molecule has 0 aliphatic carbocycles. The van der Waals surface area contributed by atoms with Crippen LogP contribution < -0.4 is 9.47 Å². The molecule has 1 amide bonds. The third kappa shape index (κ3) is 2.38. The molecular weight excluding hydrogens is 278 g/mol. The molecule has 0 radical (unpaired) electrons. The number of fused-ring (bicyclic) bond motifs is 3. The van der Waals surface area contributed by atoms with Gasteiger partial charge in [-0.3, -0.25) is 0 Å². The molecule has 0 saturated carbocycles. The summed E-state index contributed by atoms with van der Waals surface area (Å²) in [6.07, 6.45) is -1.56. The zero-order chi connectivity index (χ0) is 15.0. The Bertz CT molecular complexity index is 559. The topological polar surface area (TPSA) is 66.5 Å². The summed E-state index contributed by atoms with van der Waals surface area (Å²) >= 11 is 0. The van der Waals surface area contributed by atoms with Crippen LogP contribution in [0, 0.1) is 0 Å². The van der Waals surface area contributed by atoms with Crippen LogP contribution in [0.4, 0.5) is 4.79 Å². The molecule has 7 nitrogen and oxygen atoms in total. The Morgan fingerprint density at radius 3 is 2.86 bits per heavy atom. The van der Waals surface area contributed by atoms with Gasteiger partial charge in [-0.1, -0.05) is 6.07 Å². The quantitative estimate of drug-likeness (QED) is 0.829. The number of carbonyl (C=O) groups excluding carboxylic acids is 1. The van der Waals surface area contributed by atoms with Crippen molar-refractivity contribution >= 4 is 6.09 Å². The second-order valence-corrected chi connectivity index (χ2v) is 4.97. The number of hydrogen-bond donors (Lipinski definition) is 0. The van der Waals surface area contributed by atoms with Gasteiger partial charge in [0.2, 0.25) is 13.1 Å². The Morgan fingerprint density at radius 2 is 2.14 bits per heavy atom. The van der Waals surface area contributed by atoms with Crippen molar-refractivity contribution in [2.24, 2.45) is 0 Å². The van der Waals surface area contributed by atoms with Crippen molar-refractivity contribution in [3.05, 3.63) is 23.3 Å². The first kappa shape index (κ1) is 14.0. The summed E-state index contributed by atoms with van der Waals surface area (Å²) in [7, 11) is 4.83. The number of rotatable bonds is 2. The van der Waals surface area contributed by atoms with E-state index in [0.29, 0.717) is 23.7 Å². The summed E-state index contributed by atoms with van der Waals surface area (Å²) < 4.78 is 27.3. The highest BCUT2D eigenvalue weighted by Gasteiger charge is 2.37. The molecule has 0 aromatic heterocycles. The highest BCUT2D eigenvalue weighted by atomic mass is 16.7. The number of ether oxygens (including phenoxy) is 5. The first-order valence-corrected chi connectivity index (χ1v) is 6.56. The van der Waals surface area contributed by atoms with Crippen LogP contribution >= 0.6 is 0 Å². The highest BCUT2D eigenvalue weighted by molar-refractivity contribution is 5.67. The van der Waals surface area contributed by atoms with Crippen LogP contribution in [0.15, 0.2) is 12.1 Å². The number of benzene rings is 1. The summed E-state index contributed by atoms with van der Waals surface area (Å²) in [6.45, 7) is 0.437. The van der Waals surface area contributed by atoms with E-state index >= 15 is 0 Å². The minimum absolute atomic E-state index is 0.137. The lowest BCUT2D eigenvalue weighted by molar-refractivity contribution is -0.152. The Morgan fingerprint density at radius 1 is 1.33 bits per heavy atom. The maximum absolute atomic E-state index is 11.8. The van der Waals surface area contributed by atoms with Gasteiger partial charge < -0.3 is 28.6 Å². The van der Waals surface area contributed by atoms with E-state index in [1.165, 1.54) is 4.90 Å². The first-order valence-electron chi connectivity index (χ1n) is 6.56. The number of methoxy groups -OCH3 is 1. The van der Waals surface area contributed by atoms with E-state index in [1.54, 1.807) is 21.2 Å². The van der Waals surface area contributed by atoms with Gasteiger partial charge in [0.05, 0.1) is 12.2 Å². The lowest BCUT2D eigenvalue weighted by atomic mass is 9.98. The van der Waals surface area contributed by atoms with Crippen molar-refractivity contribution in [2.45, 2.75) is 12.4 Å². The molecule has 1 aromatic carbocycles. The minimum atomic E-state index is -0.835. The number of nitrogens with zero attached hydrogens (tertiary/aromatic N) is 1. The van der Waals surface area contributed by atoms with Crippen molar-refractivity contribution in [3.63, 3.8) is 0 Å². The number of carbonyl (C=O) groups is 1. The molecule has 2 heterocycles. The molecule has 2 aliphatic rings. The van der Waals surface area contributed by atoms with E-state index in [1.807, 2.05) is 12.1 Å². The van der Waals surface area contributed by atoms with Gasteiger partial charge >= 0.3 is 6.09 Å². The standard InChI is InChI=1S/C14H17NO6/c1-15(2)14(16)21-13-11-8(10(17-3)6-18-13)4-5-9-12(11)20-7-19-9/h4-5,10,13H,6-7H2,1-3H3. The average Bonchev–Trinajstić information content (AvgIpc) is 2.95. The van der Waals surface area contributed by atoms with Crippen LogP contribution in [0.2, 0.25) is 0 Å². The zero-order valence-electron chi connectivity index (χ0n) is 12.1. The molecule has 0 bridgehead atoms. The molecule has 0 N–H and O–H groups in total. The Labute approximate surface area is 122 Å². The van der Waals surface area contributed by atoms with Crippen LogP contribution in [0.1, 0.15) is 23.5 Å². The smallest absolute Gasteiger partial charge is 0.411 e. The van der Waals surface area contributed by atoms with Crippen molar-refractivity contribution in [1.29, 1.82) is 0 Å². The molecule has 3 rings (SSSR count). The molecule has 21 heavy (non-hydrogen) atoms. The van der Waals surface area contributed by atoms with Crippen LogP contribution in [-0.2, 0) is 14.2 Å². The summed E-state index contributed by atoms with van der Waals surface area (Å²) in [5, 5.41) is 0. The summed E-state index contributed by atoms with van der Waals surface area (Å²) in [4.78, 5) is 13.1. The number of amides is 1. The van der Waals surface area contributed by atoms with E-state index < -0.39 is 12.4 Å². The predicted molar refractivity (Wildman–Crippen MR) is 71.2 cm³/mol. The van der Waals surface area contributed by atoms with E-state index in [-0.39, 0.29) is 12.9 Å². The fraction of sp³-hybridized carbons (Fsp3) is 0.500. The maximum Gasteiger partial charge on any atom is 0.411 e. The first-order chi connectivity index (χ1) is 10.1. The van der Waals surface area contributed by atoms with E-state index in [9.17, 15) is 4.79 Å². The molecule has 2 aliphatic heterocycles. The van der Waals surface area contributed by atoms with E-state index in [2.05, 4.69) is 0 Å². The van der Waals surface area contributed by atoms with Gasteiger partial charge in [0, 0.05) is 21.2 Å². The van der Waals surface area contributed by atoms with Crippen molar-refractivity contribution < 1.29 is 28.5 Å². The molecule has 114 valence electrons. The molecular formula is C14H17NO6. The largest absolute Gasteiger partial charge is 0.454 e. The normalized spacial score (nSPS) is 22.6. The lowest BCUT2D eigenvalue weighted by Gasteiger charge is -2.31. The van der Waals surface area contributed by atoms with Gasteiger partial charge in [-0.25, -0.2) is 4.79 Å². The molecule has 1 aromatic rings. The lowest BCUT2D eigenvalue weighted by Crippen LogP contribution is -2.30. The summed E-state index contributed by atoms with van der Waals surface area (Å²) in [6, 6.07) is 3.71. The predicted octanol–water partition coefficient (Wildman–Crippen LogP) is 1.83. The molecule has 0 fully saturated rings. The van der Waals surface area contributed by atoms with Gasteiger partial charge in [-0.05, 0) is 11.6 Å². The third-order valence-electron chi connectivity index (χ3n) is 3.45. The molecule has 0 spiro atoms. The SMILES string of the molecule is COC1COC(OC(=O)N(C)C)c2c1ccc1c2OCO1. The van der Waals surface area contributed by atoms with Crippen LogP contribution in [-0.4, -0.2) is 45.6 Å². The van der Waals surface area contributed by atoms with Crippen LogP contribution in [0.25, 0.3) is 0 Å². The fourth-order valence-corrected chi connectivity index (χ4v) is 2.37. The molecule has 2 unspecified atom stereocenters. The van der Waals surface area contributed by atoms with Crippen LogP contribution in [0.3, 0.4) is 0 Å². The van der Waals surface area contributed by atoms with E-state index in [4.69, 9.17) is 23.7 Å². The van der Waals surface area contributed by atoms with Gasteiger partial charge in [0.25, 0.3) is 0 Å². The summed E-state index contributed by atoms with van der Waals surface area (Å²) in [5.74, 6) is 1.16. The second-order valence-electron chi connectivity index (χ2n) is 4.97. The maximum atomic E-state index is 11.8. The van der Waals surface area contributed by atoms with Gasteiger partial charge in [-0.2, -0.15) is 0 Å². The molecule has 7 heteroatoms. The van der Waals surface area contributed by atoms with Gasteiger partial charge in [0.15, 0.2) is 11.5 Å². The third-order valence-corrected chi connectivity index (χ3v) is 3.45.